The first-order valence-electron chi connectivity index (χ1n) is 6.20. The van der Waals surface area contributed by atoms with E-state index in [-0.39, 0.29) is 5.92 Å². The van der Waals surface area contributed by atoms with E-state index < -0.39 is 30.1 Å². The molecular weight excluding hydrogens is 284 g/mol. The number of thioether (sulfide) groups is 1. The highest BCUT2D eigenvalue weighted by Crippen LogP contribution is 2.04. The summed E-state index contributed by atoms with van der Waals surface area (Å²) in [4.78, 5) is 34.3. The zero-order valence-electron chi connectivity index (χ0n) is 12.1. The number of rotatable bonds is 8. The second-order valence-electron chi connectivity index (χ2n) is 4.53. The van der Waals surface area contributed by atoms with Crippen LogP contribution in [0.1, 0.15) is 20.3 Å². The molecule has 0 aliphatic rings. The molecule has 0 aromatic carbocycles. The van der Waals surface area contributed by atoms with Crippen LogP contribution in [-0.4, -0.2) is 54.3 Å². The van der Waals surface area contributed by atoms with Crippen LogP contribution in [0.2, 0.25) is 0 Å². The normalized spacial score (nSPS) is 13.4. The second kappa shape index (κ2) is 9.46. The van der Waals surface area contributed by atoms with Crippen LogP contribution in [0.25, 0.3) is 0 Å². The average Bonchev–Trinajstić information content (AvgIpc) is 2.39. The summed E-state index contributed by atoms with van der Waals surface area (Å²) >= 11 is 1.49. The summed E-state index contributed by atoms with van der Waals surface area (Å²) in [6.07, 6.45) is 2.17. The summed E-state index contributed by atoms with van der Waals surface area (Å²) in [5, 5.41) is 13.8. The van der Waals surface area contributed by atoms with Crippen molar-refractivity contribution in [2.75, 3.05) is 19.1 Å². The van der Waals surface area contributed by atoms with Gasteiger partial charge in [0, 0.05) is 0 Å². The Morgan fingerprint density at radius 3 is 2.25 bits per heavy atom. The molecule has 7 nitrogen and oxygen atoms in total. The Morgan fingerprint density at radius 2 is 1.85 bits per heavy atom. The van der Waals surface area contributed by atoms with E-state index in [1.54, 1.807) is 13.8 Å². The molecule has 0 saturated heterocycles. The largest absolute Gasteiger partial charge is 0.480 e. The number of carboxylic acid groups (broad SMARTS) is 1. The lowest BCUT2D eigenvalue weighted by atomic mass is 10.1. The van der Waals surface area contributed by atoms with Gasteiger partial charge in [-0.05, 0) is 24.3 Å². The van der Waals surface area contributed by atoms with E-state index in [1.807, 2.05) is 6.26 Å². The third kappa shape index (κ3) is 6.65. The van der Waals surface area contributed by atoms with Gasteiger partial charge < -0.3 is 20.5 Å². The first-order valence-corrected chi connectivity index (χ1v) is 7.59. The summed E-state index contributed by atoms with van der Waals surface area (Å²) in [5.74, 6) is -1.22. The molecule has 0 rings (SSSR count). The van der Waals surface area contributed by atoms with E-state index >= 15 is 0 Å². The maximum Gasteiger partial charge on any atom is 0.328 e. The molecule has 3 N–H and O–H groups in total. The first-order chi connectivity index (χ1) is 9.33. The predicted octanol–water partition coefficient (Wildman–Crippen LogP) is 0.689. The van der Waals surface area contributed by atoms with Gasteiger partial charge in [0.25, 0.3) is 0 Å². The summed E-state index contributed by atoms with van der Waals surface area (Å²) in [6.45, 7) is 3.51. The number of urea groups is 1. The van der Waals surface area contributed by atoms with Gasteiger partial charge in [0.2, 0.25) is 0 Å². The molecule has 0 heterocycles. The fourth-order valence-electron chi connectivity index (χ4n) is 1.46. The fourth-order valence-corrected chi connectivity index (χ4v) is 1.93. The quantitative estimate of drug-likeness (QED) is 0.570. The molecule has 116 valence electrons. The molecule has 0 aromatic heterocycles. The molecule has 2 unspecified atom stereocenters. The van der Waals surface area contributed by atoms with E-state index in [4.69, 9.17) is 5.11 Å². The molecule has 0 bridgehead atoms. The molecule has 0 aliphatic heterocycles. The molecule has 8 heteroatoms. The van der Waals surface area contributed by atoms with Crippen molar-refractivity contribution in [3.8, 4) is 0 Å². The van der Waals surface area contributed by atoms with Crippen LogP contribution in [0, 0.1) is 5.92 Å². The van der Waals surface area contributed by atoms with Crippen molar-refractivity contribution in [3.05, 3.63) is 0 Å². The molecule has 0 aromatic rings. The zero-order valence-corrected chi connectivity index (χ0v) is 13.0. The van der Waals surface area contributed by atoms with Crippen LogP contribution in [0.5, 0.6) is 0 Å². The summed E-state index contributed by atoms with van der Waals surface area (Å²) < 4.78 is 4.59. The lowest BCUT2D eigenvalue weighted by Crippen LogP contribution is -2.53. The highest BCUT2D eigenvalue weighted by Gasteiger charge is 2.27. The third-order valence-electron chi connectivity index (χ3n) is 2.62. The summed E-state index contributed by atoms with van der Waals surface area (Å²) in [6, 6.07) is -2.48. The Balaban J connectivity index is 4.56. The van der Waals surface area contributed by atoms with Crippen molar-refractivity contribution in [2.45, 2.75) is 32.4 Å². The van der Waals surface area contributed by atoms with Crippen molar-refractivity contribution in [2.24, 2.45) is 5.92 Å². The highest BCUT2D eigenvalue weighted by molar-refractivity contribution is 7.98. The molecular formula is C12H22N2O5S. The minimum absolute atomic E-state index is 0.164. The van der Waals surface area contributed by atoms with Gasteiger partial charge in [0.15, 0.2) is 0 Å². The Labute approximate surface area is 122 Å². The Bertz CT molecular complexity index is 349. The molecule has 2 atom stereocenters. The summed E-state index contributed by atoms with van der Waals surface area (Å²) in [5.41, 5.74) is 0. The first kappa shape index (κ1) is 18.6. The van der Waals surface area contributed by atoms with Gasteiger partial charge in [-0.1, -0.05) is 13.8 Å². The molecule has 0 fully saturated rings. The van der Waals surface area contributed by atoms with Gasteiger partial charge in [-0.15, -0.1) is 0 Å². The van der Waals surface area contributed by atoms with Gasteiger partial charge in [-0.25, -0.2) is 14.4 Å². The van der Waals surface area contributed by atoms with E-state index in [2.05, 4.69) is 15.4 Å². The Hall–Kier alpha value is -1.44. The zero-order chi connectivity index (χ0) is 15.7. The standard InChI is InChI=1S/C12H22N2O5S/c1-7(2)9(11(17)19-3)14-12(18)13-8(10(15)16)5-6-20-4/h7-9H,5-6H2,1-4H3,(H,15,16)(H2,13,14,18). The number of methoxy groups -OCH3 is 1. The highest BCUT2D eigenvalue weighted by atomic mass is 32.2. The molecule has 0 radical (unpaired) electrons. The number of esters is 1. The van der Waals surface area contributed by atoms with Crippen LogP contribution >= 0.6 is 11.8 Å². The lowest BCUT2D eigenvalue weighted by Gasteiger charge is -2.21. The number of carbonyl (C=O) groups is 3. The minimum Gasteiger partial charge on any atom is -0.480 e. The van der Waals surface area contributed by atoms with Crippen LogP contribution in [-0.2, 0) is 14.3 Å². The fraction of sp³-hybridized carbons (Fsp3) is 0.750. The number of amides is 2. The molecule has 0 aliphatic carbocycles. The number of carboxylic acids is 1. The number of hydrogen-bond donors (Lipinski definition) is 3. The smallest absolute Gasteiger partial charge is 0.328 e. The molecule has 2 amide bonds. The topological polar surface area (TPSA) is 105 Å². The van der Waals surface area contributed by atoms with Gasteiger partial charge in [0.05, 0.1) is 7.11 Å². The maximum atomic E-state index is 11.8. The number of hydrogen-bond acceptors (Lipinski definition) is 5. The van der Waals surface area contributed by atoms with E-state index in [0.29, 0.717) is 12.2 Å². The van der Waals surface area contributed by atoms with Crippen molar-refractivity contribution < 1.29 is 24.2 Å². The van der Waals surface area contributed by atoms with Gasteiger partial charge >= 0.3 is 18.0 Å². The molecule has 0 spiro atoms. The molecule has 20 heavy (non-hydrogen) atoms. The van der Waals surface area contributed by atoms with Crippen molar-refractivity contribution >= 4 is 29.7 Å². The van der Waals surface area contributed by atoms with Crippen LogP contribution < -0.4 is 10.6 Å². The van der Waals surface area contributed by atoms with Gasteiger partial charge in [-0.3, -0.25) is 0 Å². The monoisotopic (exact) mass is 306 g/mol. The van der Waals surface area contributed by atoms with E-state index in [9.17, 15) is 14.4 Å². The SMILES string of the molecule is COC(=O)C(NC(=O)NC(CCSC)C(=O)O)C(C)C. The van der Waals surface area contributed by atoms with Gasteiger partial charge in [-0.2, -0.15) is 11.8 Å². The number of ether oxygens (including phenoxy) is 1. The van der Waals surface area contributed by atoms with Crippen LogP contribution in [0.3, 0.4) is 0 Å². The van der Waals surface area contributed by atoms with E-state index in [0.717, 1.165) is 0 Å². The third-order valence-corrected chi connectivity index (χ3v) is 3.27. The van der Waals surface area contributed by atoms with Crippen molar-refractivity contribution in [1.29, 1.82) is 0 Å². The van der Waals surface area contributed by atoms with E-state index in [1.165, 1.54) is 18.9 Å². The maximum absolute atomic E-state index is 11.8. The average molecular weight is 306 g/mol. The summed E-state index contributed by atoms with van der Waals surface area (Å²) in [7, 11) is 1.23. The molecule has 0 saturated carbocycles. The van der Waals surface area contributed by atoms with Crippen LogP contribution in [0.15, 0.2) is 0 Å². The van der Waals surface area contributed by atoms with Crippen molar-refractivity contribution in [3.63, 3.8) is 0 Å². The number of carbonyl (C=O) groups excluding carboxylic acids is 2. The number of aliphatic carboxylic acids is 1. The Kier molecular flexibility index (Phi) is 8.78. The minimum atomic E-state index is -1.10. The van der Waals surface area contributed by atoms with Crippen LogP contribution in [0.4, 0.5) is 4.79 Å². The van der Waals surface area contributed by atoms with Gasteiger partial charge in [0.1, 0.15) is 12.1 Å². The second-order valence-corrected chi connectivity index (χ2v) is 5.52. The van der Waals surface area contributed by atoms with Crippen molar-refractivity contribution in [1.82, 2.24) is 10.6 Å². The lowest BCUT2D eigenvalue weighted by molar-refractivity contribution is -0.144. The number of nitrogens with one attached hydrogen (secondary N) is 2. The predicted molar refractivity (Wildman–Crippen MR) is 76.7 cm³/mol. The Morgan fingerprint density at radius 1 is 1.25 bits per heavy atom.